The molecule has 2 atom stereocenters. The molecule has 1 saturated heterocycles. The van der Waals surface area contributed by atoms with Crippen LogP contribution in [0.2, 0.25) is 0 Å². The summed E-state index contributed by atoms with van der Waals surface area (Å²) in [5.41, 5.74) is 0.925. The number of hydrogen-bond acceptors (Lipinski definition) is 3. The zero-order valence-electron chi connectivity index (χ0n) is 11.7. The maximum atomic E-state index is 12.4. The summed E-state index contributed by atoms with van der Waals surface area (Å²) in [6, 6.07) is 8.87. The summed E-state index contributed by atoms with van der Waals surface area (Å²) in [5.74, 6) is 0. The van der Waals surface area contributed by atoms with Gasteiger partial charge in [0.25, 0.3) is 10.2 Å². The zero-order valence-corrected chi connectivity index (χ0v) is 12.5. The molecular weight excluding hydrogens is 276 g/mol. The van der Waals surface area contributed by atoms with Crippen molar-refractivity contribution >= 4 is 10.2 Å². The molecule has 112 valence electrons. The van der Waals surface area contributed by atoms with Crippen LogP contribution in [0.3, 0.4) is 0 Å². The van der Waals surface area contributed by atoms with Gasteiger partial charge in [0.15, 0.2) is 0 Å². The molecule has 20 heavy (non-hydrogen) atoms. The van der Waals surface area contributed by atoms with E-state index in [0.29, 0.717) is 6.54 Å². The third-order valence-electron chi connectivity index (χ3n) is 3.72. The number of nitrogens with zero attached hydrogens (tertiary/aromatic N) is 1. The van der Waals surface area contributed by atoms with Crippen LogP contribution in [0.25, 0.3) is 0 Å². The normalized spacial score (nSPS) is 22.6. The molecule has 1 aliphatic heterocycles. The van der Waals surface area contributed by atoms with Gasteiger partial charge in [0.1, 0.15) is 0 Å². The molecule has 1 fully saturated rings. The van der Waals surface area contributed by atoms with Crippen LogP contribution in [0.1, 0.15) is 37.8 Å². The lowest BCUT2D eigenvalue weighted by Crippen LogP contribution is -2.50. The highest BCUT2D eigenvalue weighted by atomic mass is 32.2. The van der Waals surface area contributed by atoms with Gasteiger partial charge in [-0.15, -0.1) is 0 Å². The quantitative estimate of drug-likeness (QED) is 0.864. The molecule has 0 aliphatic carbocycles. The van der Waals surface area contributed by atoms with Gasteiger partial charge in [0, 0.05) is 18.6 Å². The van der Waals surface area contributed by atoms with Crippen LogP contribution in [-0.2, 0) is 10.2 Å². The van der Waals surface area contributed by atoms with Crippen molar-refractivity contribution in [1.29, 1.82) is 0 Å². The molecule has 2 unspecified atom stereocenters. The fourth-order valence-electron chi connectivity index (χ4n) is 2.57. The Morgan fingerprint density at radius 1 is 1.35 bits per heavy atom. The molecule has 5 nitrogen and oxygen atoms in total. The molecule has 1 aliphatic rings. The average Bonchev–Trinajstić information content (AvgIpc) is 2.47. The lowest BCUT2D eigenvalue weighted by molar-refractivity contribution is 0.153. The van der Waals surface area contributed by atoms with Crippen LogP contribution in [0, 0.1) is 0 Å². The van der Waals surface area contributed by atoms with E-state index in [2.05, 4.69) is 4.72 Å². The molecule has 6 heteroatoms. The van der Waals surface area contributed by atoms with Gasteiger partial charge < -0.3 is 5.11 Å². The summed E-state index contributed by atoms with van der Waals surface area (Å²) in [6.45, 7) is 2.17. The van der Waals surface area contributed by atoms with E-state index in [1.54, 1.807) is 0 Å². The van der Waals surface area contributed by atoms with E-state index in [4.69, 9.17) is 0 Å². The predicted molar refractivity (Wildman–Crippen MR) is 78.3 cm³/mol. The van der Waals surface area contributed by atoms with E-state index in [1.807, 2.05) is 37.3 Å². The predicted octanol–water partition coefficient (Wildman–Crippen LogP) is 1.43. The monoisotopic (exact) mass is 298 g/mol. The third-order valence-corrected chi connectivity index (χ3v) is 5.47. The minimum Gasteiger partial charge on any atom is -0.395 e. The summed E-state index contributed by atoms with van der Waals surface area (Å²) in [6.07, 6.45) is 2.53. The first-order valence-electron chi connectivity index (χ1n) is 6.99. The van der Waals surface area contributed by atoms with Gasteiger partial charge in [-0.25, -0.2) is 0 Å². The van der Waals surface area contributed by atoms with Crippen LogP contribution in [0.15, 0.2) is 30.3 Å². The molecule has 0 spiro atoms. The van der Waals surface area contributed by atoms with Gasteiger partial charge in [0.2, 0.25) is 0 Å². The molecule has 0 saturated carbocycles. The van der Waals surface area contributed by atoms with E-state index in [0.717, 1.165) is 24.8 Å². The maximum Gasteiger partial charge on any atom is 0.280 e. The van der Waals surface area contributed by atoms with Gasteiger partial charge in [-0.3, -0.25) is 0 Å². The highest BCUT2D eigenvalue weighted by Gasteiger charge is 2.32. The lowest BCUT2D eigenvalue weighted by Gasteiger charge is -2.34. The van der Waals surface area contributed by atoms with Gasteiger partial charge in [-0.05, 0) is 25.3 Å². The number of aliphatic hydroxyl groups is 1. The summed E-state index contributed by atoms with van der Waals surface area (Å²) >= 11 is 0. The summed E-state index contributed by atoms with van der Waals surface area (Å²) in [7, 11) is -3.57. The second kappa shape index (κ2) is 6.67. The van der Waals surface area contributed by atoms with Gasteiger partial charge in [-0.1, -0.05) is 36.8 Å². The zero-order chi connectivity index (χ0) is 14.6. The van der Waals surface area contributed by atoms with Crippen LogP contribution < -0.4 is 4.72 Å². The molecule has 1 aromatic carbocycles. The van der Waals surface area contributed by atoms with Gasteiger partial charge in [0.05, 0.1) is 6.61 Å². The number of nitrogens with one attached hydrogen (secondary N) is 1. The van der Waals surface area contributed by atoms with Gasteiger partial charge in [-0.2, -0.15) is 17.4 Å². The third kappa shape index (κ3) is 3.58. The second-order valence-corrected chi connectivity index (χ2v) is 6.85. The Balaban J connectivity index is 2.10. The Bertz CT molecular complexity index is 518. The number of hydrogen-bond donors (Lipinski definition) is 2. The van der Waals surface area contributed by atoms with Crippen LogP contribution in [0.4, 0.5) is 0 Å². The lowest BCUT2D eigenvalue weighted by atomic mass is 10.1. The summed E-state index contributed by atoms with van der Waals surface area (Å²) in [5, 5.41) is 9.34. The van der Waals surface area contributed by atoms with E-state index >= 15 is 0 Å². The van der Waals surface area contributed by atoms with Crippen molar-refractivity contribution in [2.45, 2.75) is 38.3 Å². The molecule has 0 aromatic heterocycles. The Morgan fingerprint density at radius 3 is 2.70 bits per heavy atom. The number of aliphatic hydroxyl groups excluding tert-OH is 1. The molecule has 1 aromatic rings. The van der Waals surface area contributed by atoms with E-state index < -0.39 is 10.2 Å². The van der Waals surface area contributed by atoms with Crippen LogP contribution >= 0.6 is 0 Å². The molecule has 0 radical (unpaired) electrons. The number of rotatable bonds is 5. The van der Waals surface area contributed by atoms with Crippen molar-refractivity contribution in [3.63, 3.8) is 0 Å². The first kappa shape index (κ1) is 15.4. The molecular formula is C14H22N2O3S. The highest BCUT2D eigenvalue weighted by molar-refractivity contribution is 7.87. The van der Waals surface area contributed by atoms with Gasteiger partial charge >= 0.3 is 0 Å². The first-order chi connectivity index (χ1) is 9.54. The standard InChI is InChI=1S/C14H22N2O3S/c1-12(13-7-3-2-4-8-13)15-20(18,19)16-10-6-5-9-14(16)11-17/h2-4,7-8,12,14-15,17H,5-6,9-11H2,1H3. The number of piperidine rings is 1. The first-order valence-corrected chi connectivity index (χ1v) is 8.43. The maximum absolute atomic E-state index is 12.4. The molecule has 2 N–H and O–H groups in total. The van der Waals surface area contributed by atoms with Crippen molar-refractivity contribution < 1.29 is 13.5 Å². The largest absolute Gasteiger partial charge is 0.395 e. The Labute approximate surface area is 120 Å². The minimum atomic E-state index is -3.57. The highest BCUT2D eigenvalue weighted by Crippen LogP contribution is 2.21. The van der Waals surface area contributed by atoms with Crippen molar-refractivity contribution in [3.8, 4) is 0 Å². The second-order valence-electron chi connectivity index (χ2n) is 5.20. The smallest absolute Gasteiger partial charge is 0.280 e. The van der Waals surface area contributed by atoms with E-state index in [1.165, 1.54) is 4.31 Å². The van der Waals surface area contributed by atoms with E-state index in [9.17, 15) is 13.5 Å². The summed E-state index contributed by atoms with van der Waals surface area (Å²) in [4.78, 5) is 0. The van der Waals surface area contributed by atoms with Crippen molar-refractivity contribution in [2.24, 2.45) is 0 Å². The SMILES string of the molecule is CC(NS(=O)(=O)N1CCCCC1CO)c1ccccc1. The average molecular weight is 298 g/mol. The molecule has 1 heterocycles. The number of benzene rings is 1. The van der Waals surface area contributed by atoms with Crippen molar-refractivity contribution in [2.75, 3.05) is 13.2 Å². The van der Waals surface area contributed by atoms with Crippen molar-refractivity contribution in [1.82, 2.24) is 9.03 Å². The fraction of sp³-hybridized carbons (Fsp3) is 0.571. The fourth-order valence-corrected chi connectivity index (χ4v) is 4.23. The topological polar surface area (TPSA) is 69.6 Å². The van der Waals surface area contributed by atoms with Crippen LogP contribution in [0.5, 0.6) is 0 Å². The summed E-state index contributed by atoms with van der Waals surface area (Å²) < 4.78 is 29.0. The molecule has 0 amide bonds. The Morgan fingerprint density at radius 2 is 2.05 bits per heavy atom. The van der Waals surface area contributed by atoms with E-state index in [-0.39, 0.29) is 18.7 Å². The minimum absolute atomic E-state index is 0.124. The Hall–Kier alpha value is -0.950. The van der Waals surface area contributed by atoms with Crippen LogP contribution in [-0.4, -0.2) is 37.0 Å². The van der Waals surface area contributed by atoms with Crippen molar-refractivity contribution in [3.05, 3.63) is 35.9 Å². The molecule has 0 bridgehead atoms. The Kier molecular flexibility index (Phi) is 5.15. The molecule has 2 rings (SSSR count).